The molecular formula is C19H16ClF3IN5O2. The first kappa shape index (κ1) is 23.3. The molecule has 1 atom stereocenters. The molecular weight excluding hydrogens is 550 g/mol. The Morgan fingerprint density at radius 3 is 2.65 bits per heavy atom. The van der Waals surface area contributed by atoms with Crippen LogP contribution in [-0.2, 0) is 6.18 Å². The molecule has 12 heteroatoms. The van der Waals surface area contributed by atoms with Crippen LogP contribution in [0.4, 0.5) is 18.9 Å². The van der Waals surface area contributed by atoms with Gasteiger partial charge >= 0.3 is 6.18 Å². The first-order valence-corrected chi connectivity index (χ1v) is 10.2. The van der Waals surface area contributed by atoms with Crippen LogP contribution >= 0.6 is 34.2 Å². The van der Waals surface area contributed by atoms with E-state index in [2.05, 4.69) is 20.7 Å². The highest BCUT2D eigenvalue weighted by molar-refractivity contribution is 14.1. The molecule has 1 amide bonds. The third-order valence-electron chi connectivity index (χ3n) is 4.30. The smallest absolute Gasteiger partial charge is 0.368 e. The third kappa shape index (κ3) is 4.93. The van der Waals surface area contributed by atoms with Crippen molar-refractivity contribution in [2.75, 3.05) is 12.4 Å². The Morgan fingerprint density at radius 1 is 1.32 bits per heavy atom. The van der Waals surface area contributed by atoms with Crippen molar-refractivity contribution < 1.29 is 23.1 Å². The number of aliphatic hydroxyl groups excluding tert-OH is 1. The highest BCUT2D eigenvalue weighted by Gasteiger charge is 2.36. The Balaban J connectivity index is 2.11. The molecule has 0 aliphatic rings. The Morgan fingerprint density at radius 2 is 2.03 bits per heavy atom. The number of rotatable bonds is 5. The van der Waals surface area contributed by atoms with Crippen molar-refractivity contribution in [3.05, 3.63) is 67.6 Å². The number of carbonyl (C=O) groups is 1. The van der Waals surface area contributed by atoms with Crippen molar-refractivity contribution in [1.29, 1.82) is 0 Å². The van der Waals surface area contributed by atoms with Gasteiger partial charge in [0, 0.05) is 16.8 Å². The van der Waals surface area contributed by atoms with Crippen molar-refractivity contribution >= 4 is 45.8 Å². The Bertz CT molecular complexity index is 1140. The SMILES string of the molecule is CNC(=O)c1cc(I)cc(C)c1NC(O)c1cc(C(F)(F)F)nn1-c1ncccc1Cl. The maximum absolute atomic E-state index is 13.3. The summed E-state index contributed by atoms with van der Waals surface area (Å²) in [5.74, 6) is -0.505. The number of hydrogen-bond donors (Lipinski definition) is 3. The zero-order valence-electron chi connectivity index (χ0n) is 16.1. The Kier molecular flexibility index (Phi) is 6.76. The number of aryl methyl sites for hydroxylation is 1. The van der Waals surface area contributed by atoms with Gasteiger partial charge in [0.05, 0.1) is 22.0 Å². The molecule has 1 aromatic carbocycles. The lowest BCUT2D eigenvalue weighted by Crippen LogP contribution is -2.22. The number of carbonyl (C=O) groups excluding carboxylic acids is 1. The zero-order valence-corrected chi connectivity index (χ0v) is 19.0. The van der Waals surface area contributed by atoms with E-state index in [1.165, 1.54) is 25.4 Å². The van der Waals surface area contributed by atoms with Crippen LogP contribution in [0.1, 0.15) is 33.5 Å². The number of hydrogen-bond acceptors (Lipinski definition) is 5. The van der Waals surface area contributed by atoms with Crippen LogP contribution in [0.3, 0.4) is 0 Å². The normalized spacial score (nSPS) is 12.5. The summed E-state index contributed by atoms with van der Waals surface area (Å²) >= 11 is 8.13. The number of nitrogens with one attached hydrogen (secondary N) is 2. The molecule has 1 unspecified atom stereocenters. The summed E-state index contributed by atoms with van der Waals surface area (Å²) in [7, 11) is 1.45. The first-order chi connectivity index (χ1) is 14.5. The average molecular weight is 566 g/mol. The van der Waals surface area contributed by atoms with Crippen LogP contribution in [0.5, 0.6) is 0 Å². The summed E-state index contributed by atoms with van der Waals surface area (Å²) in [4.78, 5) is 16.3. The van der Waals surface area contributed by atoms with Gasteiger partial charge in [-0.1, -0.05) is 11.6 Å². The molecule has 3 aromatic rings. The maximum Gasteiger partial charge on any atom is 0.435 e. The second kappa shape index (κ2) is 9.01. The molecule has 2 heterocycles. The van der Waals surface area contributed by atoms with Crippen LogP contribution in [0.15, 0.2) is 36.5 Å². The van der Waals surface area contributed by atoms with Crippen LogP contribution in [0.2, 0.25) is 5.02 Å². The summed E-state index contributed by atoms with van der Waals surface area (Å²) in [5.41, 5.74) is -0.378. The predicted molar refractivity (Wildman–Crippen MR) is 117 cm³/mol. The van der Waals surface area contributed by atoms with E-state index in [-0.39, 0.29) is 27.8 Å². The number of pyridine rings is 1. The number of alkyl halides is 3. The van der Waals surface area contributed by atoms with E-state index in [0.717, 1.165) is 8.25 Å². The van der Waals surface area contributed by atoms with E-state index in [4.69, 9.17) is 11.6 Å². The number of nitrogens with zero attached hydrogens (tertiary/aromatic N) is 3. The van der Waals surface area contributed by atoms with Gasteiger partial charge in [-0.2, -0.15) is 18.3 Å². The topological polar surface area (TPSA) is 92.1 Å². The molecule has 2 aromatic heterocycles. The molecule has 0 radical (unpaired) electrons. The number of benzene rings is 1. The largest absolute Gasteiger partial charge is 0.435 e. The van der Waals surface area contributed by atoms with Crippen molar-refractivity contribution in [1.82, 2.24) is 20.1 Å². The second-order valence-corrected chi connectivity index (χ2v) is 8.10. The highest BCUT2D eigenvalue weighted by Crippen LogP contribution is 2.33. The minimum Gasteiger partial charge on any atom is -0.368 e. The van der Waals surface area contributed by atoms with Gasteiger partial charge in [-0.15, -0.1) is 0 Å². The van der Waals surface area contributed by atoms with Crippen molar-refractivity contribution in [3.63, 3.8) is 0 Å². The molecule has 0 spiro atoms. The third-order valence-corrected chi connectivity index (χ3v) is 5.22. The molecule has 0 saturated carbocycles. The van der Waals surface area contributed by atoms with Crippen molar-refractivity contribution in [3.8, 4) is 5.82 Å². The van der Waals surface area contributed by atoms with Crippen LogP contribution in [0, 0.1) is 10.5 Å². The zero-order chi connectivity index (χ0) is 22.9. The fraction of sp³-hybridized carbons (Fsp3) is 0.211. The Labute approximate surface area is 193 Å². The molecule has 164 valence electrons. The number of halogens is 5. The molecule has 0 fully saturated rings. The van der Waals surface area contributed by atoms with E-state index >= 15 is 0 Å². The number of anilines is 1. The van der Waals surface area contributed by atoms with Crippen LogP contribution in [0.25, 0.3) is 5.82 Å². The predicted octanol–water partition coefficient (Wildman–Crippen LogP) is 4.32. The molecule has 7 nitrogen and oxygen atoms in total. The highest BCUT2D eigenvalue weighted by atomic mass is 127. The van der Waals surface area contributed by atoms with Gasteiger partial charge in [0.15, 0.2) is 17.7 Å². The number of aliphatic hydroxyl groups is 1. The molecule has 3 rings (SSSR count). The average Bonchev–Trinajstić information content (AvgIpc) is 3.15. The van der Waals surface area contributed by atoms with Gasteiger partial charge in [-0.05, 0) is 65.4 Å². The first-order valence-electron chi connectivity index (χ1n) is 8.77. The lowest BCUT2D eigenvalue weighted by Gasteiger charge is -2.20. The van der Waals surface area contributed by atoms with E-state index < -0.39 is 24.0 Å². The van der Waals surface area contributed by atoms with Crippen LogP contribution in [-0.4, -0.2) is 32.8 Å². The van der Waals surface area contributed by atoms with E-state index in [1.54, 1.807) is 19.1 Å². The summed E-state index contributed by atoms with van der Waals surface area (Å²) in [5, 5.41) is 19.6. The monoisotopic (exact) mass is 565 g/mol. The Hall–Kier alpha value is -2.38. The lowest BCUT2D eigenvalue weighted by atomic mass is 10.1. The fourth-order valence-electron chi connectivity index (χ4n) is 2.89. The van der Waals surface area contributed by atoms with Gasteiger partial charge in [0.25, 0.3) is 5.91 Å². The van der Waals surface area contributed by atoms with E-state index in [9.17, 15) is 23.1 Å². The van der Waals surface area contributed by atoms with Crippen LogP contribution < -0.4 is 10.6 Å². The van der Waals surface area contributed by atoms with Gasteiger partial charge in [0.1, 0.15) is 0 Å². The van der Waals surface area contributed by atoms with E-state index in [0.29, 0.717) is 11.6 Å². The number of amides is 1. The molecule has 3 N–H and O–H groups in total. The summed E-state index contributed by atoms with van der Waals surface area (Å²) in [6.45, 7) is 1.71. The molecule has 0 aliphatic heterocycles. The standard InChI is InChI=1S/C19H16ClF3IN5O2/c1-9-6-10(24)7-11(17(30)25-2)15(9)27-18(31)13-8-14(19(21,22)23)28-29(13)16-12(20)4-3-5-26-16/h3-8,18,27,31H,1-2H3,(H,25,30). The van der Waals surface area contributed by atoms with Gasteiger partial charge in [0.2, 0.25) is 0 Å². The van der Waals surface area contributed by atoms with Gasteiger partial charge in [-0.25, -0.2) is 9.67 Å². The minimum absolute atomic E-state index is 0.0456. The number of aromatic nitrogens is 3. The molecule has 0 aliphatic carbocycles. The molecule has 0 bridgehead atoms. The maximum atomic E-state index is 13.3. The molecule has 31 heavy (non-hydrogen) atoms. The minimum atomic E-state index is -4.76. The summed E-state index contributed by atoms with van der Waals surface area (Å²) in [6.07, 6.45) is -5.08. The van der Waals surface area contributed by atoms with Gasteiger partial charge in [-0.3, -0.25) is 4.79 Å². The quantitative estimate of drug-likeness (QED) is 0.317. The van der Waals surface area contributed by atoms with Crippen molar-refractivity contribution in [2.45, 2.75) is 19.3 Å². The van der Waals surface area contributed by atoms with E-state index in [1.807, 2.05) is 22.6 Å². The van der Waals surface area contributed by atoms with Crippen molar-refractivity contribution in [2.24, 2.45) is 0 Å². The van der Waals surface area contributed by atoms with Gasteiger partial charge < -0.3 is 15.7 Å². The summed E-state index contributed by atoms with van der Waals surface area (Å²) in [6, 6.07) is 7.00. The lowest BCUT2D eigenvalue weighted by molar-refractivity contribution is -0.141. The summed E-state index contributed by atoms with van der Waals surface area (Å²) < 4.78 is 41.6. The fourth-order valence-corrected chi connectivity index (χ4v) is 3.87. The second-order valence-electron chi connectivity index (χ2n) is 6.44. The molecule has 0 saturated heterocycles.